The van der Waals surface area contributed by atoms with Gasteiger partial charge in [-0.2, -0.15) is 0 Å². The minimum absolute atomic E-state index is 0.0511. The van der Waals surface area contributed by atoms with Gasteiger partial charge in [0.2, 0.25) is 0 Å². The lowest BCUT2D eigenvalue weighted by Gasteiger charge is -2.06. The Morgan fingerprint density at radius 2 is 1.67 bits per heavy atom. The second kappa shape index (κ2) is 3.65. The predicted octanol–water partition coefficient (Wildman–Crippen LogP) is 3.01. The summed E-state index contributed by atoms with van der Waals surface area (Å²) in [6, 6.07) is 7.25. The Hall–Kier alpha value is -2.20. The third-order valence-electron chi connectivity index (χ3n) is 2.78. The summed E-state index contributed by atoms with van der Waals surface area (Å²) >= 11 is 5.89. The molecule has 0 aliphatic carbocycles. The molecule has 1 aromatic heterocycles. The topological polar surface area (TPSA) is 70.7 Å². The summed E-state index contributed by atoms with van der Waals surface area (Å²) in [7, 11) is 0. The van der Waals surface area contributed by atoms with Crippen LogP contribution in [0.25, 0.3) is 21.7 Å². The Balaban J connectivity index is 2.72. The first-order chi connectivity index (χ1) is 8.58. The third kappa shape index (κ3) is 1.43. The van der Waals surface area contributed by atoms with Gasteiger partial charge in [0, 0.05) is 15.8 Å². The van der Waals surface area contributed by atoms with Crippen molar-refractivity contribution in [2.24, 2.45) is 0 Å². The van der Waals surface area contributed by atoms with Crippen molar-refractivity contribution >= 4 is 33.3 Å². The van der Waals surface area contributed by atoms with E-state index in [4.69, 9.17) is 16.0 Å². The van der Waals surface area contributed by atoms with Gasteiger partial charge in [0.25, 0.3) is 0 Å². The van der Waals surface area contributed by atoms with Gasteiger partial charge in [-0.3, -0.25) is 0 Å². The summed E-state index contributed by atoms with van der Waals surface area (Å²) in [5, 5.41) is 20.7. The van der Waals surface area contributed by atoms with E-state index in [2.05, 4.69) is 0 Å². The molecule has 4 nitrogen and oxygen atoms in total. The lowest BCUT2D eigenvalue weighted by atomic mass is 10.1. The molecule has 5 heteroatoms. The molecule has 0 aliphatic heterocycles. The molecule has 2 aromatic carbocycles. The molecule has 0 fully saturated rings. The van der Waals surface area contributed by atoms with E-state index in [-0.39, 0.29) is 22.3 Å². The van der Waals surface area contributed by atoms with Crippen molar-refractivity contribution in [3.05, 3.63) is 45.8 Å². The van der Waals surface area contributed by atoms with Crippen LogP contribution in [0.2, 0.25) is 5.02 Å². The molecule has 3 rings (SSSR count). The summed E-state index contributed by atoms with van der Waals surface area (Å²) in [4.78, 5) is 11.8. The minimum Gasteiger partial charge on any atom is -0.507 e. The monoisotopic (exact) mass is 262 g/mol. The first-order valence-electron chi connectivity index (χ1n) is 5.15. The predicted molar refractivity (Wildman–Crippen MR) is 68.3 cm³/mol. The van der Waals surface area contributed by atoms with Crippen LogP contribution in [-0.2, 0) is 0 Å². The Labute approximate surface area is 106 Å². The van der Waals surface area contributed by atoms with Crippen LogP contribution >= 0.6 is 11.6 Å². The molecule has 0 atom stereocenters. The van der Waals surface area contributed by atoms with Crippen LogP contribution in [0.3, 0.4) is 0 Å². The van der Waals surface area contributed by atoms with Crippen molar-refractivity contribution in [2.45, 2.75) is 0 Å². The molecule has 0 amide bonds. The van der Waals surface area contributed by atoms with E-state index >= 15 is 0 Å². The van der Waals surface area contributed by atoms with Gasteiger partial charge in [0.05, 0.1) is 0 Å². The number of aromatic hydroxyl groups is 2. The van der Waals surface area contributed by atoms with Crippen LogP contribution in [-0.4, -0.2) is 10.2 Å². The standard InChI is InChI=1S/C13H7ClO4/c14-6-1-4-10-7(5-6)11-8(15)2-3-9(16)12(11)13(17)18-10/h1-5,15-16H. The van der Waals surface area contributed by atoms with E-state index in [1.165, 1.54) is 12.1 Å². The number of fused-ring (bicyclic) bond motifs is 3. The van der Waals surface area contributed by atoms with Gasteiger partial charge in [-0.1, -0.05) is 11.6 Å². The lowest BCUT2D eigenvalue weighted by molar-refractivity contribution is 0.466. The zero-order valence-electron chi connectivity index (χ0n) is 8.98. The average molecular weight is 263 g/mol. The van der Waals surface area contributed by atoms with Gasteiger partial charge in [0.1, 0.15) is 22.5 Å². The van der Waals surface area contributed by atoms with E-state index in [0.29, 0.717) is 16.0 Å². The van der Waals surface area contributed by atoms with Crippen molar-refractivity contribution in [1.29, 1.82) is 0 Å². The van der Waals surface area contributed by atoms with Crippen LogP contribution in [0.4, 0.5) is 0 Å². The largest absolute Gasteiger partial charge is 0.507 e. The normalized spacial score (nSPS) is 11.2. The van der Waals surface area contributed by atoms with E-state index in [1.54, 1.807) is 18.2 Å². The summed E-state index contributed by atoms with van der Waals surface area (Å²) in [5.41, 5.74) is -0.397. The molecule has 0 saturated heterocycles. The van der Waals surface area contributed by atoms with Crippen LogP contribution in [0, 0.1) is 0 Å². The van der Waals surface area contributed by atoms with Crippen molar-refractivity contribution < 1.29 is 14.6 Å². The Morgan fingerprint density at radius 1 is 1.00 bits per heavy atom. The summed E-state index contributed by atoms with van der Waals surface area (Å²) < 4.78 is 5.08. The fourth-order valence-electron chi connectivity index (χ4n) is 2.00. The molecular weight excluding hydrogens is 256 g/mol. The Bertz CT molecular complexity index is 836. The van der Waals surface area contributed by atoms with Gasteiger partial charge in [-0.15, -0.1) is 0 Å². The number of hydrogen-bond donors (Lipinski definition) is 2. The number of phenolic OH excluding ortho intramolecular Hbond substituents is 2. The van der Waals surface area contributed by atoms with Crippen molar-refractivity contribution in [1.82, 2.24) is 0 Å². The number of phenols is 2. The first-order valence-corrected chi connectivity index (χ1v) is 5.53. The quantitative estimate of drug-likeness (QED) is 0.371. The van der Waals surface area contributed by atoms with Gasteiger partial charge in [-0.25, -0.2) is 4.79 Å². The maximum atomic E-state index is 11.8. The maximum Gasteiger partial charge on any atom is 0.348 e. The van der Waals surface area contributed by atoms with Crippen molar-refractivity contribution in [2.75, 3.05) is 0 Å². The number of benzene rings is 2. The highest BCUT2D eigenvalue weighted by Crippen LogP contribution is 2.35. The Kier molecular flexibility index (Phi) is 2.21. The molecule has 0 unspecified atom stereocenters. The second-order valence-electron chi connectivity index (χ2n) is 3.88. The lowest BCUT2D eigenvalue weighted by Crippen LogP contribution is -2.00. The molecule has 0 saturated carbocycles. The van der Waals surface area contributed by atoms with E-state index in [9.17, 15) is 15.0 Å². The van der Waals surface area contributed by atoms with Gasteiger partial charge in [-0.05, 0) is 30.3 Å². The third-order valence-corrected chi connectivity index (χ3v) is 3.01. The molecule has 3 aromatic rings. The van der Waals surface area contributed by atoms with Gasteiger partial charge in [0.15, 0.2) is 0 Å². The molecule has 0 spiro atoms. The molecule has 1 heterocycles. The van der Waals surface area contributed by atoms with Crippen molar-refractivity contribution in [3.63, 3.8) is 0 Å². The van der Waals surface area contributed by atoms with E-state index in [0.717, 1.165) is 0 Å². The van der Waals surface area contributed by atoms with Crippen LogP contribution in [0.1, 0.15) is 0 Å². The summed E-state index contributed by atoms with van der Waals surface area (Å²) in [5.74, 6) is -0.346. The highest BCUT2D eigenvalue weighted by Gasteiger charge is 2.14. The second-order valence-corrected chi connectivity index (χ2v) is 4.32. The van der Waals surface area contributed by atoms with Crippen LogP contribution < -0.4 is 5.63 Å². The zero-order chi connectivity index (χ0) is 12.9. The van der Waals surface area contributed by atoms with Gasteiger partial charge < -0.3 is 14.6 Å². The molecule has 90 valence electrons. The summed E-state index contributed by atoms with van der Waals surface area (Å²) in [6.07, 6.45) is 0. The Morgan fingerprint density at radius 3 is 2.39 bits per heavy atom. The van der Waals surface area contributed by atoms with Gasteiger partial charge >= 0.3 is 5.63 Å². The molecule has 2 N–H and O–H groups in total. The van der Waals surface area contributed by atoms with Crippen LogP contribution in [0.15, 0.2) is 39.5 Å². The van der Waals surface area contributed by atoms with E-state index in [1.807, 2.05) is 0 Å². The van der Waals surface area contributed by atoms with Crippen LogP contribution in [0.5, 0.6) is 11.5 Å². The van der Waals surface area contributed by atoms with Crippen molar-refractivity contribution in [3.8, 4) is 11.5 Å². The zero-order valence-corrected chi connectivity index (χ0v) is 9.73. The highest BCUT2D eigenvalue weighted by molar-refractivity contribution is 6.31. The fourth-order valence-corrected chi connectivity index (χ4v) is 2.17. The first kappa shape index (κ1) is 10.9. The number of rotatable bonds is 0. The summed E-state index contributed by atoms with van der Waals surface area (Å²) in [6.45, 7) is 0. The molecular formula is C13H7ClO4. The number of hydrogen-bond acceptors (Lipinski definition) is 4. The van der Waals surface area contributed by atoms with E-state index < -0.39 is 5.63 Å². The average Bonchev–Trinajstić information content (AvgIpc) is 2.33. The highest BCUT2D eigenvalue weighted by atomic mass is 35.5. The smallest absolute Gasteiger partial charge is 0.348 e. The SMILES string of the molecule is O=c1oc2ccc(Cl)cc2c2c(O)ccc(O)c12. The number of halogens is 1. The maximum absolute atomic E-state index is 11.8. The molecule has 0 radical (unpaired) electrons. The molecule has 0 bridgehead atoms. The minimum atomic E-state index is -0.701. The fraction of sp³-hybridized carbons (Fsp3) is 0. The molecule has 18 heavy (non-hydrogen) atoms. The molecule has 0 aliphatic rings.